The summed E-state index contributed by atoms with van der Waals surface area (Å²) in [5.74, 6) is -0.00108. The molecule has 0 radical (unpaired) electrons. The quantitative estimate of drug-likeness (QED) is 0.914. The smallest absolute Gasteiger partial charge is 0.316 e. The standard InChI is InChI=1S/C14H17N5O2/c1-9-12(10(2)18-17-9)13(20)19-7-4-11(8-19)21-14-15-5-3-6-16-14/h3,5-6,11H,4,7-8H2,1-2H3,(H,17,18)/t11-/m1/s1. The molecule has 2 aromatic heterocycles. The fraction of sp³-hybridized carbons (Fsp3) is 0.429. The molecule has 3 rings (SSSR count). The summed E-state index contributed by atoms with van der Waals surface area (Å²) in [6, 6.07) is 2.09. The van der Waals surface area contributed by atoms with Crippen molar-refractivity contribution < 1.29 is 9.53 Å². The highest BCUT2D eigenvalue weighted by molar-refractivity contribution is 5.96. The summed E-state index contributed by atoms with van der Waals surface area (Å²) in [5, 5.41) is 6.92. The molecule has 1 aliphatic rings. The van der Waals surface area contributed by atoms with E-state index in [2.05, 4.69) is 20.2 Å². The number of aryl methyl sites for hydroxylation is 2. The maximum Gasteiger partial charge on any atom is 0.316 e. The SMILES string of the molecule is Cc1n[nH]c(C)c1C(=O)N1CC[C@@H](Oc2ncccn2)C1. The minimum Gasteiger partial charge on any atom is -0.458 e. The Labute approximate surface area is 122 Å². The summed E-state index contributed by atoms with van der Waals surface area (Å²) in [6.45, 7) is 4.90. The number of likely N-dealkylation sites (tertiary alicyclic amines) is 1. The highest BCUT2D eigenvalue weighted by atomic mass is 16.5. The van der Waals surface area contributed by atoms with Crippen molar-refractivity contribution in [2.75, 3.05) is 13.1 Å². The van der Waals surface area contributed by atoms with Crippen molar-refractivity contribution in [3.63, 3.8) is 0 Å². The molecule has 0 unspecified atom stereocenters. The Balaban J connectivity index is 1.66. The molecule has 7 nitrogen and oxygen atoms in total. The molecule has 0 saturated carbocycles. The lowest BCUT2D eigenvalue weighted by molar-refractivity contribution is 0.0768. The number of rotatable bonds is 3. The van der Waals surface area contributed by atoms with Crippen LogP contribution in [0.4, 0.5) is 0 Å². The van der Waals surface area contributed by atoms with E-state index in [0.29, 0.717) is 24.7 Å². The maximum atomic E-state index is 12.5. The predicted octanol–water partition coefficient (Wildman–Crippen LogP) is 1.11. The molecule has 7 heteroatoms. The average molecular weight is 287 g/mol. The summed E-state index contributed by atoms with van der Waals surface area (Å²) in [7, 11) is 0. The molecule has 2 aromatic rings. The first kappa shape index (κ1) is 13.5. The number of ether oxygens (including phenoxy) is 1. The van der Waals surface area contributed by atoms with Crippen LogP contribution in [0.25, 0.3) is 0 Å². The summed E-state index contributed by atoms with van der Waals surface area (Å²) in [5.41, 5.74) is 2.19. The van der Waals surface area contributed by atoms with Crippen LogP contribution in [0, 0.1) is 13.8 Å². The third-order valence-electron chi connectivity index (χ3n) is 3.59. The Morgan fingerprint density at radius 2 is 2.14 bits per heavy atom. The van der Waals surface area contributed by atoms with Gasteiger partial charge in [-0.1, -0.05) is 0 Å². The number of hydrogen-bond acceptors (Lipinski definition) is 5. The largest absolute Gasteiger partial charge is 0.458 e. The van der Waals surface area contributed by atoms with E-state index >= 15 is 0 Å². The molecule has 0 aliphatic carbocycles. The second-order valence-corrected chi connectivity index (χ2v) is 5.12. The number of carbonyl (C=O) groups excluding carboxylic acids is 1. The van der Waals surface area contributed by atoms with Crippen LogP contribution in [-0.4, -0.2) is 50.2 Å². The van der Waals surface area contributed by atoms with Gasteiger partial charge in [-0.05, 0) is 19.9 Å². The van der Waals surface area contributed by atoms with Crippen molar-refractivity contribution in [3.05, 3.63) is 35.4 Å². The second-order valence-electron chi connectivity index (χ2n) is 5.12. The molecule has 1 atom stereocenters. The van der Waals surface area contributed by atoms with Crippen LogP contribution in [0.15, 0.2) is 18.5 Å². The number of nitrogens with one attached hydrogen (secondary N) is 1. The van der Waals surface area contributed by atoms with Crippen LogP contribution in [0.2, 0.25) is 0 Å². The zero-order valence-corrected chi connectivity index (χ0v) is 12.0. The Morgan fingerprint density at radius 3 is 2.81 bits per heavy atom. The van der Waals surface area contributed by atoms with Crippen LogP contribution in [-0.2, 0) is 0 Å². The molecule has 21 heavy (non-hydrogen) atoms. The fourth-order valence-electron chi connectivity index (χ4n) is 2.53. The van der Waals surface area contributed by atoms with E-state index in [4.69, 9.17) is 4.74 Å². The molecule has 1 fully saturated rings. The molecule has 0 aromatic carbocycles. The summed E-state index contributed by atoms with van der Waals surface area (Å²) >= 11 is 0. The zero-order valence-electron chi connectivity index (χ0n) is 12.0. The third-order valence-corrected chi connectivity index (χ3v) is 3.59. The Morgan fingerprint density at radius 1 is 1.38 bits per heavy atom. The number of H-pyrrole nitrogens is 1. The maximum absolute atomic E-state index is 12.5. The normalized spacial score (nSPS) is 18.0. The number of amides is 1. The first-order valence-electron chi connectivity index (χ1n) is 6.89. The van der Waals surface area contributed by atoms with Gasteiger partial charge in [0.05, 0.1) is 17.8 Å². The van der Waals surface area contributed by atoms with E-state index in [1.165, 1.54) is 0 Å². The van der Waals surface area contributed by atoms with Crippen LogP contribution in [0.3, 0.4) is 0 Å². The minimum absolute atomic E-state index is 0.00108. The van der Waals surface area contributed by atoms with Crippen molar-refractivity contribution in [1.29, 1.82) is 0 Å². The summed E-state index contributed by atoms with van der Waals surface area (Å²) in [6.07, 6.45) is 3.99. The van der Waals surface area contributed by atoms with Gasteiger partial charge in [-0.15, -0.1) is 0 Å². The van der Waals surface area contributed by atoms with Gasteiger partial charge >= 0.3 is 6.01 Å². The van der Waals surface area contributed by atoms with Gasteiger partial charge in [0.1, 0.15) is 6.10 Å². The molecular weight excluding hydrogens is 270 g/mol. The van der Waals surface area contributed by atoms with Gasteiger partial charge in [-0.3, -0.25) is 9.89 Å². The van der Waals surface area contributed by atoms with Gasteiger partial charge in [0.15, 0.2) is 0 Å². The lowest BCUT2D eigenvalue weighted by atomic mass is 10.2. The van der Waals surface area contributed by atoms with E-state index < -0.39 is 0 Å². The number of nitrogens with zero attached hydrogens (tertiary/aromatic N) is 4. The lowest BCUT2D eigenvalue weighted by Gasteiger charge is -2.16. The van der Waals surface area contributed by atoms with Gasteiger partial charge in [0, 0.05) is 31.1 Å². The van der Waals surface area contributed by atoms with Gasteiger partial charge in [0.2, 0.25) is 0 Å². The van der Waals surface area contributed by atoms with Crippen molar-refractivity contribution in [3.8, 4) is 6.01 Å². The Kier molecular flexibility index (Phi) is 3.55. The van der Waals surface area contributed by atoms with Gasteiger partial charge in [-0.2, -0.15) is 5.10 Å². The first-order chi connectivity index (χ1) is 10.1. The molecule has 0 spiro atoms. The molecule has 1 amide bonds. The molecule has 110 valence electrons. The number of hydrogen-bond donors (Lipinski definition) is 1. The molecule has 1 aliphatic heterocycles. The molecule has 1 saturated heterocycles. The fourth-order valence-corrected chi connectivity index (χ4v) is 2.53. The Bertz CT molecular complexity index is 621. The second kappa shape index (κ2) is 5.51. The van der Waals surface area contributed by atoms with Crippen LogP contribution < -0.4 is 4.74 Å². The van der Waals surface area contributed by atoms with E-state index in [-0.39, 0.29) is 12.0 Å². The van der Waals surface area contributed by atoms with E-state index in [1.807, 2.05) is 13.8 Å². The molecule has 1 N–H and O–H groups in total. The van der Waals surface area contributed by atoms with Gasteiger partial charge in [0.25, 0.3) is 5.91 Å². The first-order valence-corrected chi connectivity index (χ1v) is 6.89. The highest BCUT2D eigenvalue weighted by Gasteiger charge is 2.30. The zero-order chi connectivity index (χ0) is 14.8. The van der Waals surface area contributed by atoms with E-state index in [9.17, 15) is 4.79 Å². The molecule has 0 bridgehead atoms. The van der Waals surface area contributed by atoms with Gasteiger partial charge in [-0.25, -0.2) is 9.97 Å². The minimum atomic E-state index is -0.0659. The highest BCUT2D eigenvalue weighted by Crippen LogP contribution is 2.19. The van der Waals surface area contributed by atoms with Gasteiger partial charge < -0.3 is 9.64 Å². The average Bonchev–Trinajstić information content (AvgIpc) is 3.07. The monoisotopic (exact) mass is 287 g/mol. The lowest BCUT2D eigenvalue weighted by Crippen LogP contribution is -2.31. The number of aromatic amines is 1. The molecular formula is C14H17N5O2. The van der Waals surface area contributed by atoms with Crippen LogP contribution >= 0.6 is 0 Å². The number of aromatic nitrogens is 4. The van der Waals surface area contributed by atoms with E-state index in [1.54, 1.807) is 23.4 Å². The van der Waals surface area contributed by atoms with Crippen molar-refractivity contribution in [2.24, 2.45) is 0 Å². The Hall–Kier alpha value is -2.44. The van der Waals surface area contributed by atoms with Crippen molar-refractivity contribution in [2.45, 2.75) is 26.4 Å². The van der Waals surface area contributed by atoms with Crippen LogP contribution in [0.1, 0.15) is 28.2 Å². The summed E-state index contributed by atoms with van der Waals surface area (Å²) < 4.78 is 5.69. The molecule has 3 heterocycles. The van der Waals surface area contributed by atoms with E-state index in [0.717, 1.165) is 17.8 Å². The van der Waals surface area contributed by atoms with Crippen LogP contribution in [0.5, 0.6) is 6.01 Å². The topological polar surface area (TPSA) is 84.0 Å². The third kappa shape index (κ3) is 2.72. The van der Waals surface area contributed by atoms with Crippen molar-refractivity contribution >= 4 is 5.91 Å². The predicted molar refractivity (Wildman–Crippen MR) is 75.0 cm³/mol. The van der Waals surface area contributed by atoms with Crippen molar-refractivity contribution in [1.82, 2.24) is 25.1 Å². The number of carbonyl (C=O) groups is 1. The summed E-state index contributed by atoms with van der Waals surface area (Å²) in [4.78, 5) is 22.4.